The first kappa shape index (κ1) is 28.1. The molecule has 0 N–H and O–H groups in total. The minimum atomic E-state index is -2.55. The van der Waals surface area contributed by atoms with Crippen molar-refractivity contribution in [2.75, 3.05) is 7.05 Å². The monoisotopic (exact) mass is 505 g/mol. The van der Waals surface area contributed by atoms with E-state index in [4.69, 9.17) is 4.74 Å². The van der Waals surface area contributed by atoms with Crippen molar-refractivity contribution in [2.24, 2.45) is 0 Å². The number of hydrogen-bond donors (Lipinski definition) is 0. The van der Waals surface area contributed by atoms with Crippen LogP contribution < -0.4 is 0 Å². The first-order valence-electron chi connectivity index (χ1n) is 12.1. The van der Waals surface area contributed by atoms with E-state index >= 15 is 0 Å². The Morgan fingerprint density at radius 2 is 1.25 bits per heavy atom. The van der Waals surface area contributed by atoms with E-state index in [1.165, 1.54) is 77.5 Å². The average molecular weight is 504 g/mol. The summed E-state index contributed by atoms with van der Waals surface area (Å²) in [5.41, 5.74) is -0.423. The van der Waals surface area contributed by atoms with Crippen molar-refractivity contribution in [2.45, 2.75) is 136 Å². The van der Waals surface area contributed by atoms with Crippen molar-refractivity contribution in [1.82, 2.24) is 4.90 Å². The molecule has 0 rings (SSSR count). The van der Waals surface area contributed by atoms with E-state index in [0.717, 1.165) is 0 Å². The molecule has 3 nitrogen and oxygen atoms in total. The second-order valence-corrected chi connectivity index (χ2v) is 23.7. The van der Waals surface area contributed by atoms with E-state index in [2.05, 4.69) is 32.6 Å². The Morgan fingerprint density at radius 3 is 1.61 bits per heavy atom. The molecule has 0 aromatic carbocycles. The number of hydrogen-bond acceptors (Lipinski definition) is 2. The van der Waals surface area contributed by atoms with Gasteiger partial charge < -0.3 is 0 Å². The summed E-state index contributed by atoms with van der Waals surface area (Å²) in [5, 5.41) is 0. The van der Waals surface area contributed by atoms with Crippen LogP contribution in [0.4, 0.5) is 4.79 Å². The summed E-state index contributed by atoms with van der Waals surface area (Å²) in [7, 11) is 2.04. The molecule has 0 aliphatic heterocycles. The van der Waals surface area contributed by atoms with Crippen LogP contribution in [-0.2, 0) is 4.74 Å². The van der Waals surface area contributed by atoms with Gasteiger partial charge in [0.15, 0.2) is 0 Å². The Hall–Kier alpha value is 0.0687. The summed E-state index contributed by atoms with van der Waals surface area (Å²) < 4.78 is 10.6. The molecule has 0 fully saturated rings. The molecule has 0 aliphatic rings. The van der Waals surface area contributed by atoms with Crippen molar-refractivity contribution in [3.05, 3.63) is 0 Å². The molecule has 0 aromatic heterocycles. The molecular formula is C24H51NO2Sn. The predicted octanol–water partition coefficient (Wildman–Crippen LogP) is 8.19. The molecule has 0 radical (unpaired) electrons. The topological polar surface area (TPSA) is 29.5 Å². The summed E-state index contributed by atoms with van der Waals surface area (Å²) in [5.74, 6) is 0. The van der Waals surface area contributed by atoms with Crippen molar-refractivity contribution >= 4 is 24.5 Å². The summed E-state index contributed by atoms with van der Waals surface area (Å²) in [6.45, 7) is 15.2. The summed E-state index contributed by atoms with van der Waals surface area (Å²) in [4.78, 5) is 15.1. The summed E-state index contributed by atoms with van der Waals surface area (Å²) >= 11 is -2.55. The van der Waals surface area contributed by atoms with Crippen LogP contribution in [0.2, 0.25) is 13.3 Å². The molecule has 0 spiro atoms. The molecule has 168 valence electrons. The number of nitrogens with zero attached hydrogens (tertiary/aromatic N) is 1. The van der Waals surface area contributed by atoms with Gasteiger partial charge in [0.1, 0.15) is 0 Å². The van der Waals surface area contributed by atoms with Gasteiger partial charge in [0.25, 0.3) is 0 Å². The average Bonchev–Trinajstić information content (AvgIpc) is 2.63. The normalized spacial score (nSPS) is 13.4. The summed E-state index contributed by atoms with van der Waals surface area (Å²) in [6.07, 6.45) is 12.7. The molecule has 1 atom stereocenters. The number of unbranched alkanes of at least 4 members (excludes halogenated alkanes) is 5. The third-order valence-corrected chi connectivity index (χ3v) is 23.5. The maximum absolute atomic E-state index is 13.0. The van der Waals surface area contributed by atoms with Gasteiger partial charge >= 0.3 is 182 Å². The second-order valence-electron chi connectivity index (χ2n) is 9.78. The third-order valence-electron chi connectivity index (χ3n) is 6.02. The molecule has 0 bridgehead atoms. The van der Waals surface area contributed by atoms with Gasteiger partial charge in [-0.3, -0.25) is 0 Å². The van der Waals surface area contributed by atoms with Crippen LogP contribution in [0.15, 0.2) is 0 Å². The van der Waals surface area contributed by atoms with Gasteiger partial charge in [-0.25, -0.2) is 0 Å². The quantitative estimate of drug-likeness (QED) is 0.166. The van der Waals surface area contributed by atoms with E-state index in [9.17, 15) is 4.79 Å². The van der Waals surface area contributed by atoms with E-state index < -0.39 is 24.0 Å². The molecule has 1 amide bonds. The molecule has 0 saturated heterocycles. The molecule has 0 aromatic rings. The number of amides is 1. The van der Waals surface area contributed by atoms with Crippen LogP contribution >= 0.6 is 0 Å². The SMILES string of the molecule is CCCCC[CH](N(C)C(=O)OC(C)(C)C)[Sn]([CH2]CCC)([CH2]CCC)[CH2]CCC. The predicted molar refractivity (Wildman–Crippen MR) is 127 cm³/mol. The van der Waals surface area contributed by atoms with Gasteiger partial charge in [-0.05, 0) is 0 Å². The van der Waals surface area contributed by atoms with Crippen molar-refractivity contribution in [3.63, 3.8) is 0 Å². The van der Waals surface area contributed by atoms with Crippen LogP contribution in [0.1, 0.15) is 113 Å². The first-order chi connectivity index (χ1) is 13.2. The number of ether oxygens (including phenoxy) is 1. The molecular weight excluding hydrogens is 453 g/mol. The number of rotatable bonds is 15. The van der Waals surface area contributed by atoms with Gasteiger partial charge in [-0.15, -0.1) is 0 Å². The maximum atomic E-state index is 13.0. The number of carbonyl (C=O) groups is 1. The summed E-state index contributed by atoms with van der Waals surface area (Å²) in [6, 6.07) is 0. The molecule has 0 aliphatic carbocycles. The number of carbonyl (C=O) groups excluding carboxylic acids is 1. The zero-order chi connectivity index (χ0) is 21.6. The zero-order valence-corrected chi connectivity index (χ0v) is 23.4. The van der Waals surface area contributed by atoms with Crippen LogP contribution in [0.25, 0.3) is 0 Å². The van der Waals surface area contributed by atoms with E-state index in [0.29, 0.717) is 4.06 Å². The molecule has 0 saturated carbocycles. The fourth-order valence-corrected chi connectivity index (χ4v) is 23.4. The van der Waals surface area contributed by atoms with E-state index in [-0.39, 0.29) is 6.09 Å². The van der Waals surface area contributed by atoms with Crippen LogP contribution in [0.3, 0.4) is 0 Å². The van der Waals surface area contributed by atoms with Crippen molar-refractivity contribution < 1.29 is 9.53 Å². The fraction of sp³-hybridized carbons (Fsp3) is 0.958. The Balaban J connectivity index is 5.82. The van der Waals surface area contributed by atoms with Gasteiger partial charge in [0.2, 0.25) is 0 Å². The Labute approximate surface area is 181 Å². The fourth-order valence-electron chi connectivity index (χ4n) is 4.42. The van der Waals surface area contributed by atoms with Crippen LogP contribution in [0.5, 0.6) is 0 Å². The molecule has 0 heterocycles. The van der Waals surface area contributed by atoms with Crippen LogP contribution in [-0.4, -0.2) is 46.1 Å². The molecule has 4 heteroatoms. The molecule has 28 heavy (non-hydrogen) atoms. The Bertz CT molecular complexity index is 384. The first-order valence-corrected chi connectivity index (χ1v) is 19.8. The Kier molecular flexibility index (Phi) is 15.0. The van der Waals surface area contributed by atoms with Crippen molar-refractivity contribution in [3.8, 4) is 0 Å². The standard InChI is InChI=1S/C12H24NO2.3C4H9.Sn/c1-6-7-8-9-10-13(5)11(14)15-12(2,3)4;3*1-3-4-2;/h10H,6-9H2,1-5H3;3*1,3-4H2,2H3;. The zero-order valence-electron chi connectivity index (χ0n) is 20.5. The van der Waals surface area contributed by atoms with E-state index in [1.54, 1.807) is 0 Å². The van der Waals surface area contributed by atoms with Gasteiger partial charge in [-0.2, -0.15) is 0 Å². The Morgan fingerprint density at radius 1 is 0.821 bits per heavy atom. The third kappa shape index (κ3) is 10.7. The van der Waals surface area contributed by atoms with E-state index in [1.807, 2.05) is 27.8 Å². The van der Waals surface area contributed by atoms with Gasteiger partial charge in [-0.1, -0.05) is 0 Å². The van der Waals surface area contributed by atoms with Gasteiger partial charge in [0.05, 0.1) is 0 Å². The van der Waals surface area contributed by atoms with Gasteiger partial charge in [0, 0.05) is 0 Å². The minimum absolute atomic E-state index is 0.0976. The molecule has 1 unspecified atom stereocenters. The van der Waals surface area contributed by atoms with Crippen molar-refractivity contribution in [1.29, 1.82) is 0 Å². The van der Waals surface area contributed by atoms with Crippen LogP contribution in [0, 0.1) is 0 Å². The second kappa shape index (κ2) is 15.0.